The Hall–Kier alpha value is -2.17. The van der Waals surface area contributed by atoms with Crippen LogP contribution in [0.4, 0.5) is 0 Å². The first-order chi connectivity index (χ1) is 13.5. The van der Waals surface area contributed by atoms with Crippen molar-refractivity contribution in [2.24, 2.45) is 20.7 Å². The molecule has 5 N–H and O–H groups in total. The predicted molar refractivity (Wildman–Crippen MR) is 104 cm³/mol. The van der Waals surface area contributed by atoms with Crippen LogP contribution in [0.1, 0.15) is 24.8 Å². The number of aliphatic imine (C=N–C) groups is 3. The predicted octanol–water partition coefficient (Wildman–Crippen LogP) is -0.571. The molecule has 0 bridgehead atoms. The van der Waals surface area contributed by atoms with E-state index in [-0.39, 0.29) is 12.6 Å². The van der Waals surface area contributed by atoms with Gasteiger partial charge in [0.05, 0.1) is 6.61 Å². The standard InChI is InChI=1S/C19H25N5O4/c1-2-12(11-6-4-3-5-7-11)19(20)16-17(21-9-23-19)24(10-22-16)18-15(27)14(26)13(8-25)28-18/h3-7,9,12-15,18,25-27H,2,8,10,20H2,1H3/t12-,13-,14-,15-,18-,19?/m1/s1. The highest BCUT2D eigenvalue weighted by Gasteiger charge is 2.52. The van der Waals surface area contributed by atoms with Crippen LogP contribution in [-0.2, 0) is 4.74 Å². The lowest BCUT2D eigenvalue weighted by atomic mass is 9.81. The molecule has 0 saturated carbocycles. The maximum absolute atomic E-state index is 10.4. The van der Waals surface area contributed by atoms with Gasteiger partial charge in [0.1, 0.15) is 37.0 Å². The second-order valence-electron chi connectivity index (χ2n) is 7.24. The Bertz CT molecular complexity index is 814. The molecule has 0 spiro atoms. The van der Waals surface area contributed by atoms with Crippen LogP contribution in [0.3, 0.4) is 0 Å². The first-order valence-corrected chi connectivity index (χ1v) is 9.41. The smallest absolute Gasteiger partial charge is 0.162 e. The lowest BCUT2D eigenvalue weighted by Crippen LogP contribution is -2.58. The summed E-state index contributed by atoms with van der Waals surface area (Å²) in [5.41, 5.74) is 7.27. The number of nitrogens with two attached hydrogens (primary N) is 1. The number of fused-ring (bicyclic) bond motifs is 1. The summed E-state index contributed by atoms with van der Waals surface area (Å²) in [4.78, 5) is 15.1. The van der Waals surface area contributed by atoms with E-state index in [2.05, 4.69) is 15.0 Å². The van der Waals surface area contributed by atoms with E-state index >= 15 is 0 Å². The molecule has 0 aromatic heterocycles. The average Bonchev–Trinajstić information content (AvgIpc) is 3.26. The number of benzene rings is 1. The van der Waals surface area contributed by atoms with Gasteiger partial charge < -0.3 is 30.7 Å². The normalized spacial score (nSPS) is 35.5. The van der Waals surface area contributed by atoms with Gasteiger partial charge in [0.15, 0.2) is 17.7 Å². The summed E-state index contributed by atoms with van der Waals surface area (Å²) < 4.78 is 5.64. The quantitative estimate of drug-likeness (QED) is 0.534. The van der Waals surface area contributed by atoms with Gasteiger partial charge >= 0.3 is 0 Å². The largest absolute Gasteiger partial charge is 0.394 e. The number of aliphatic hydroxyl groups excluding tert-OH is 3. The van der Waals surface area contributed by atoms with Gasteiger partial charge in [0.25, 0.3) is 0 Å². The third-order valence-electron chi connectivity index (χ3n) is 5.66. The minimum absolute atomic E-state index is 0.112. The molecule has 0 aliphatic carbocycles. The van der Waals surface area contributed by atoms with Crippen LogP contribution in [0.2, 0.25) is 0 Å². The second-order valence-corrected chi connectivity index (χ2v) is 7.24. The van der Waals surface area contributed by atoms with Crippen molar-refractivity contribution in [3.63, 3.8) is 0 Å². The number of nitrogens with zero attached hydrogens (tertiary/aromatic N) is 4. The van der Waals surface area contributed by atoms with E-state index in [4.69, 9.17) is 10.5 Å². The van der Waals surface area contributed by atoms with Gasteiger partial charge in [-0.25, -0.2) is 9.98 Å². The Morgan fingerprint density at radius 2 is 2.04 bits per heavy atom. The molecule has 1 fully saturated rings. The molecule has 6 atom stereocenters. The molecule has 1 saturated heterocycles. The fourth-order valence-electron chi connectivity index (χ4n) is 4.18. The van der Waals surface area contributed by atoms with Crippen molar-refractivity contribution < 1.29 is 20.1 Å². The average molecular weight is 387 g/mol. The maximum atomic E-state index is 10.4. The first kappa shape index (κ1) is 19.2. The van der Waals surface area contributed by atoms with E-state index in [1.165, 1.54) is 6.34 Å². The Labute approximate surface area is 162 Å². The zero-order chi connectivity index (χ0) is 19.9. The van der Waals surface area contributed by atoms with Crippen LogP contribution in [0, 0.1) is 0 Å². The topological polar surface area (TPSA) is 136 Å². The molecular weight excluding hydrogens is 362 g/mol. The fourth-order valence-corrected chi connectivity index (χ4v) is 4.18. The minimum atomic E-state index is -1.20. The van der Waals surface area contributed by atoms with Gasteiger partial charge in [0.2, 0.25) is 0 Å². The molecule has 1 aromatic rings. The monoisotopic (exact) mass is 387 g/mol. The molecule has 150 valence electrons. The zero-order valence-electron chi connectivity index (χ0n) is 15.6. The lowest BCUT2D eigenvalue weighted by Gasteiger charge is -2.37. The third-order valence-corrected chi connectivity index (χ3v) is 5.66. The highest BCUT2D eigenvalue weighted by molar-refractivity contribution is 6.47. The summed E-state index contributed by atoms with van der Waals surface area (Å²) in [6.45, 7) is 1.83. The summed E-state index contributed by atoms with van der Waals surface area (Å²) in [6.07, 6.45) is -1.96. The van der Waals surface area contributed by atoms with Crippen molar-refractivity contribution >= 4 is 17.9 Å². The summed E-state index contributed by atoms with van der Waals surface area (Å²) in [5.74, 6) is 0.362. The van der Waals surface area contributed by atoms with Crippen molar-refractivity contribution in [2.45, 2.75) is 49.5 Å². The molecule has 4 rings (SSSR count). The van der Waals surface area contributed by atoms with Crippen LogP contribution in [-0.4, -0.2) is 81.6 Å². The first-order valence-electron chi connectivity index (χ1n) is 9.41. The van der Waals surface area contributed by atoms with Crippen LogP contribution in [0.15, 0.2) is 45.3 Å². The van der Waals surface area contributed by atoms with E-state index < -0.39 is 36.8 Å². The highest BCUT2D eigenvalue weighted by atomic mass is 16.6. The van der Waals surface area contributed by atoms with E-state index in [0.29, 0.717) is 11.5 Å². The summed E-state index contributed by atoms with van der Waals surface area (Å²) in [5, 5.41) is 29.8. The number of ether oxygens (including phenoxy) is 1. The molecule has 0 radical (unpaired) electrons. The van der Waals surface area contributed by atoms with Crippen LogP contribution < -0.4 is 5.73 Å². The highest BCUT2D eigenvalue weighted by Crippen LogP contribution is 2.36. The van der Waals surface area contributed by atoms with Gasteiger partial charge in [-0.1, -0.05) is 37.3 Å². The zero-order valence-corrected chi connectivity index (χ0v) is 15.6. The number of amidine groups is 1. The Kier molecular flexibility index (Phi) is 5.02. The molecule has 28 heavy (non-hydrogen) atoms. The second kappa shape index (κ2) is 7.34. The van der Waals surface area contributed by atoms with Gasteiger partial charge in [-0.2, -0.15) is 0 Å². The van der Waals surface area contributed by atoms with Gasteiger partial charge in [-0.3, -0.25) is 4.99 Å². The number of hydrogen-bond acceptors (Lipinski definition) is 9. The van der Waals surface area contributed by atoms with Gasteiger partial charge in [-0.15, -0.1) is 0 Å². The SMILES string of the molecule is CC[C@H](c1ccccc1)C1(N)N=CN=C2C1=NCN2[C@@H]1O[C@H](CO)[C@@H](O)[C@H]1O. The lowest BCUT2D eigenvalue weighted by molar-refractivity contribution is -0.0688. The number of aliphatic hydroxyl groups is 3. The van der Waals surface area contributed by atoms with Crippen molar-refractivity contribution in [1.82, 2.24) is 4.90 Å². The summed E-state index contributed by atoms with van der Waals surface area (Å²) in [7, 11) is 0. The maximum Gasteiger partial charge on any atom is 0.162 e. The van der Waals surface area contributed by atoms with Crippen LogP contribution in [0.5, 0.6) is 0 Å². The number of hydrogen-bond donors (Lipinski definition) is 4. The fraction of sp³-hybridized carbons (Fsp3) is 0.526. The van der Waals surface area contributed by atoms with Crippen molar-refractivity contribution in [1.29, 1.82) is 0 Å². The van der Waals surface area contributed by atoms with Crippen molar-refractivity contribution in [2.75, 3.05) is 13.3 Å². The Morgan fingerprint density at radius 1 is 1.29 bits per heavy atom. The molecule has 9 heteroatoms. The van der Waals surface area contributed by atoms with E-state index in [9.17, 15) is 15.3 Å². The van der Waals surface area contributed by atoms with E-state index in [1.54, 1.807) is 4.90 Å². The molecule has 1 unspecified atom stereocenters. The van der Waals surface area contributed by atoms with E-state index in [0.717, 1.165) is 12.0 Å². The Balaban J connectivity index is 1.63. The van der Waals surface area contributed by atoms with Gasteiger partial charge in [0, 0.05) is 5.92 Å². The summed E-state index contributed by atoms with van der Waals surface area (Å²) in [6, 6.07) is 9.91. The number of rotatable bonds is 5. The Morgan fingerprint density at radius 3 is 2.68 bits per heavy atom. The van der Waals surface area contributed by atoms with Crippen LogP contribution >= 0.6 is 0 Å². The molecular formula is C19H25N5O4. The van der Waals surface area contributed by atoms with E-state index in [1.807, 2.05) is 37.3 Å². The molecule has 0 amide bonds. The third kappa shape index (κ3) is 2.87. The molecule has 3 heterocycles. The molecule has 1 aromatic carbocycles. The van der Waals surface area contributed by atoms with Crippen molar-refractivity contribution in [3.8, 4) is 0 Å². The molecule has 9 nitrogen and oxygen atoms in total. The van der Waals surface area contributed by atoms with Crippen LogP contribution in [0.25, 0.3) is 0 Å². The summed E-state index contributed by atoms with van der Waals surface area (Å²) >= 11 is 0. The minimum Gasteiger partial charge on any atom is -0.394 e. The van der Waals surface area contributed by atoms with Crippen molar-refractivity contribution in [3.05, 3.63) is 35.9 Å². The molecule has 3 aliphatic rings. The van der Waals surface area contributed by atoms with Gasteiger partial charge in [-0.05, 0) is 12.0 Å². The molecule has 3 aliphatic heterocycles.